The molecule has 32 heavy (non-hydrogen) atoms. The molecule has 1 fully saturated rings. The monoisotopic (exact) mass is 441 g/mol. The van der Waals surface area contributed by atoms with Crippen molar-refractivity contribution in [2.24, 2.45) is 0 Å². The molecule has 3 heterocycles. The average molecular weight is 441 g/mol. The molecule has 0 bridgehead atoms. The molecule has 1 saturated heterocycles. The Kier molecular flexibility index (Phi) is 5.15. The molecule has 1 atom stereocenters. The molecule has 1 aromatic carbocycles. The van der Waals surface area contributed by atoms with E-state index < -0.39 is 35.8 Å². The predicted molar refractivity (Wildman–Crippen MR) is 111 cm³/mol. The van der Waals surface area contributed by atoms with Gasteiger partial charge >= 0.3 is 12.0 Å². The Morgan fingerprint density at radius 2 is 1.81 bits per heavy atom. The molecule has 10 heteroatoms. The summed E-state index contributed by atoms with van der Waals surface area (Å²) in [5.74, 6) is -0.755. The van der Waals surface area contributed by atoms with Gasteiger partial charge in [-0.15, -0.1) is 0 Å². The molecule has 0 spiro atoms. The van der Waals surface area contributed by atoms with Crippen molar-refractivity contribution in [3.63, 3.8) is 0 Å². The fraction of sp³-hybridized carbons (Fsp3) is 0.364. The van der Waals surface area contributed by atoms with Gasteiger partial charge in [-0.05, 0) is 45.4 Å². The van der Waals surface area contributed by atoms with Crippen LogP contribution in [0.4, 0.5) is 4.79 Å². The Hall–Kier alpha value is -3.82. The third-order valence-corrected chi connectivity index (χ3v) is 5.66. The summed E-state index contributed by atoms with van der Waals surface area (Å²) in [7, 11) is 0. The number of amides is 3. The second kappa shape index (κ2) is 7.70. The molecule has 2 aliphatic rings. The first-order valence-electron chi connectivity index (χ1n) is 10.1. The van der Waals surface area contributed by atoms with Crippen molar-refractivity contribution in [2.45, 2.75) is 33.2 Å². The first kappa shape index (κ1) is 21.4. The van der Waals surface area contributed by atoms with Gasteiger partial charge in [0, 0.05) is 11.4 Å². The van der Waals surface area contributed by atoms with Crippen molar-refractivity contribution in [3.8, 4) is 11.5 Å². The van der Waals surface area contributed by atoms with Crippen molar-refractivity contribution in [1.82, 2.24) is 15.2 Å². The smallest absolute Gasteiger partial charge is 0.340 e. The maximum absolute atomic E-state index is 13.2. The number of H-pyrrole nitrogens is 1. The maximum Gasteiger partial charge on any atom is 0.340 e. The fourth-order valence-electron chi connectivity index (χ4n) is 4.05. The molecule has 3 amide bonds. The maximum atomic E-state index is 13.2. The topological polar surface area (TPSA) is 127 Å². The summed E-state index contributed by atoms with van der Waals surface area (Å²) in [5, 5.41) is 2.66. The number of benzene rings is 1. The van der Waals surface area contributed by atoms with Crippen LogP contribution in [-0.2, 0) is 15.1 Å². The number of Topliss-reactive ketones (excluding diaryl/α,β-unsaturated/α-hetero) is 1. The number of nitrogens with one attached hydrogen (secondary N) is 2. The summed E-state index contributed by atoms with van der Waals surface area (Å²) < 4.78 is 15.7. The van der Waals surface area contributed by atoms with E-state index >= 15 is 0 Å². The van der Waals surface area contributed by atoms with Gasteiger partial charge < -0.3 is 24.5 Å². The molecule has 4 rings (SSSR count). The van der Waals surface area contributed by atoms with E-state index in [9.17, 15) is 19.2 Å². The van der Waals surface area contributed by atoms with Gasteiger partial charge in [0.1, 0.15) is 5.54 Å². The summed E-state index contributed by atoms with van der Waals surface area (Å²) in [5.41, 5.74) is 0.271. The van der Waals surface area contributed by atoms with Crippen LogP contribution in [0.2, 0.25) is 0 Å². The van der Waals surface area contributed by atoms with Crippen LogP contribution in [0, 0.1) is 13.8 Å². The van der Waals surface area contributed by atoms with Gasteiger partial charge in [0.25, 0.3) is 5.91 Å². The van der Waals surface area contributed by atoms with Gasteiger partial charge in [-0.2, -0.15) is 0 Å². The molecule has 1 aromatic heterocycles. The molecule has 0 aliphatic carbocycles. The number of imide groups is 1. The van der Waals surface area contributed by atoms with E-state index in [-0.39, 0.29) is 24.5 Å². The molecule has 0 radical (unpaired) electrons. The Morgan fingerprint density at radius 1 is 1.12 bits per heavy atom. The van der Waals surface area contributed by atoms with E-state index in [1.807, 2.05) is 0 Å². The second-order valence-corrected chi connectivity index (χ2v) is 7.78. The Morgan fingerprint density at radius 3 is 2.53 bits per heavy atom. The highest BCUT2D eigenvalue weighted by Crippen LogP contribution is 2.38. The molecule has 2 N–H and O–H groups in total. The summed E-state index contributed by atoms with van der Waals surface area (Å²) in [4.78, 5) is 55.2. The lowest BCUT2D eigenvalue weighted by Crippen LogP contribution is -2.41. The number of nitrogens with zero attached hydrogens (tertiary/aromatic N) is 1. The first-order valence-corrected chi connectivity index (χ1v) is 10.1. The van der Waals surface area contributed by atoms with Gasteiger partial charge in [0.05, 0.1) is 24.3 Å². The van der Waals surface area contributed by atoms with Gasteiger partial charge in [-0.1, -0.05) is 6.07 Å². The van der Waals surface area contributed by atoms with Gasteiger partial charge in [-0.25, -0.2) is 9.59 Å². The minimum absolute atomic E-state index is 0.0780. The Balaban J connectivity index is 1.61. The third-order valence-electron chi connectivity index (χ3n) is 5.66. The van der Waals surface area contributed by atoms with Crippen molar-refractivity contribution >= 4 is 23.7 Å². The summed E-state index contributed by atoms with van der Waals surface area (Å²) in [6.07, 6.45) is 0. The number of carbonyl (C=O) groups excluding carboxylic acids is 4. The zero-order valence-electron chi connectivity index (χ0n) is 18.2. The van der Waals surface area contributed by atoms with Crippen LogP contribution >= 0.6 is 0 Å². The van der Waals surface area contributed by atoms with Crippen LogP contribution in [0.3, 0.4) is 0 Å². The van der Waals surface area contributed by atoms with Crippen molar-refractivity contribution in [3.05, 3.63) is 46.3 Å². The predicted octanol–water partition coefficient (Wildman–Crippen LogP) is 2.19. The Bertz CT molecular complexity index is 1150. The highest BCUT2D eigenvalue weighted by Gasteiger charge is 2.50. The number of aromatic amines is 1. The SMILES string of the molecule is CCOC(=O)c1c(C)[nH]c(C)c1C(=O)CN1C(=O)NC(C)(c2ccc3c(c2)OCO3)C1=O. The zero-order valence-corrected chi connectivity index (χ0v) is 18.2. The average Bonchev–Trinajstić information content (AvgIpc) is 3.39. The van der Waals surface area contributed by atoms with E-state index in [4.69, 9.17) is 14.2 Å². The van der Waals surface area contributed by atoms with Crippen LogP contribution in [0.15, 0.2) is 18.2 Å². The number of rotatable bonds is 6. The molecular weight excluding hydrogens is 418 g/mol. The number of urea groups is 1. The summed E-state index contributed by atoms with van der Waals surface area (Å²) in [6, 6.07) is 4.25. The first-order chi connectivity index (χ1) is 15.2. The molecule has 10 nitrogen and oxygen atoms in total. The van der Waals surface area contributed by atoms with E-state index in [0.29, 0.717) is 28.5 Å². The lowest BCUT2D eigenvalue weighted by molar-refractivity contribution is -0.130. The molecule has 2 aromatic rings. The van der Waals surface area contributed by atoms with Gasteiger partial charge in [0.2, 0.25) is 6.79 Å². The largest absolute Gasteiger partial charge is 0.462 e. The number of hydrogen-bond donors (Lipinski definition) is 2. The van der Waals surface area contributed by atoms with E-state index in [1.165, 1.54) is 0 Å². The van der Waals surface area contributed by atoms with Crippen molar-refractivity contribution in [1.29, 1.82) is 0 Å². The second-order valence-electron chi connectivity index (χ2n) is 7.78. The number of ketones is 1. The molecule has 2 aliphatic heterocycles. The van der Waals surface area contributed by atoms with Gasteiger partial charge in [0.15, 0.2) is 17.3 Å². The minimum Gasteiger partial charge on any atom is -0.462 e. The minimum atomic E-state index is -1.38. The van der Waals surface area contributed by atoms with Crippen LogP contribution < -0.4 is 14.8 Å². The van der Waals surface area contributed by atoms with E-state index in [2.05, 4.69) is 10.3 Å². The third kappa shape index (κ3) is 3.28. The number of ether oxygens (including phenoxy) is 3. The fourth-order valence-corrected chi connectivity index (χ4v) is 4.05. The van der Waals surface area contributed by atoms with E-state index in [1.54, 1.807) is 45.9 Å². The molecule has 0 saturated carbocycles. The standard InChI is InChI=1S/C22H23N3O7/c1-5-30-19(27)18-12(3)23-11(2)17(18)14(26)9-25-20(28)22(4,24-21(25)29)13-6-7-15-16(8-13)32-10-31-15/h6-8,23H,5,9-10H2,1-4H3,(H,24,29). The number of aromatic nitrogens is 1. The quantitative estimate of drug-likeness (QED) is 0.400. The van der Waals surface area contributed by atoms with E-state index in [0.717, 1.165) is 4.90 Å². The summed E-state index contributed by atoms with van der Waals surface area (Å²) >= 11 is 0. The highest BCUT2D eigenvalue weighted by atomic mass is 16.7. The van der Waals surface area contributed by atoms with Crippen LogP contribution in [0.25, 0.3) is 0 Å². The van der Waals surface area contributed by atoms with Crippen LogP contribution in [0.1, 0.15) is 51.5 Å². The number of carbonyl (C=O) groups is 4. The number of hydrogen-bond acceptors (Lipinski definition) is 7. The number of esters is 1. The van der Waals surface area contributed by atoms with Crippen LogP contribution in [-0.4, -0.2) is 53.5 Å². The normalized spacial score (nSPS) is 19.3. The highest BCUT2D eigenvalue weighted by molar-refractivity contribution is 6.14. The summed E-state index contributed by atoms with van der Waals surface area (Å²) in [6.45, 7) is 6.23. The van der Waals surface area contributed by atoms with Crippen molar-refractivity contribution < 1.29 is 33.4 Å². The van der Waals surface area contributed by atoms with Gasteiger partial charge in [-0.3, -0.25) is 14.5 Å². The number of fused-ring (bicyclic) bond motifs is 1. The van der Waals surface area contributed by atoms with Crippen LogP contribution in [0.5, 0.6) is 11.5 Å². The molecule has 168 valence electrons. The zero-order chi connectivity index (χ0) is 23.2. The lowest BCUT2D eigenvalue weighted by atomic mass is 9.91. The molecular formula is C22H23N3O7. The Labute approximate surface area is 183 Å². The lowest BCUT2D eigenvalue weighted by Gasteiger charge is -2.22. The number of aryl methyl sites for hydroxylation is 2. The van der Waals surface area contributed by atoms with Crippen molar-refractivity contribution in [2.75, 3.05) is 19.9 Å². The molecule has 1 unspecified atom stereocenters.